The predicted octanol–water partition coefficient (Wildman–Crippen LogP) is 9.70. The van der Waals surface area contributed by atoms with Crippen molar-refractivity contribution in [1.29, 1.82) is 0 Å². The highest BCUT2D eigenvalue weighted by atomic mass is 16.6. The standard InChI is InChI=1S/C60H62N4O8/c1-7-13-33-61-54(65)53-51(56(68)69)49-45(55(66)67)31-30-43-42-19-15-17-36-18-16-20-44(48(36)42)52(50(43)49)59(53,58(71)62-34-14-8-2)39-25-32-47-46(35-39)57(70)72-60(47,37-21-26-40(27-22-37)63(9-3)10-4)38-23-28-41(29-24-38)64(11-5)12-6/h15-32,35,53H,7-14,33-34H2,1-6H3,(H,61,65)(H,62,71)(H,66,67)(H,68,69). The number of esters is 1. The molecule has 7 aromatic carbocycles. The van der Waals surface area contributed by atoms with Crippen LogP contribution >= 0.6 is 0 Å². The summed E-state index contributed by atoms with van der Waals surface area (Å²) in [7, 11) is 0. The van der Waals surface area contributed by atoms with E-state index in [1.807, 2.05) is 98.8 Å². The van der Waals surface area contributed by atoms with Crippen molar-refractivity contribution in [2.24, 2.45) is 5.92 Å². The van der Waals surface area contributed by atoms with Crippen LogP contribution in [0.15, 0.2) is 115 Å². The van der Waals surface area contributed by atoms with Gasteiger partial charge in [-0.15, -0.1) is 0 Å². The Morgan fingerprint density at radius 3 is 1.69 bits per heavy atom. The molecule has 0 aromatic heterocycles. The number of amides is 2. The fraction of sp³-hybridized carbons (Fsp3) is 0.317. The Hall–Kier alpha value is -7.73. The molecule has 370 valence electrons. The lowest BCUT2D eigenvalue weighted by molar-refractivity contribution is -0.136. The molecule has 9 rings (SSSR count). The van der Waals surface area contributed by atoms with Crippen molar-refractivity contribution >= 4 is 79.0 Å². The third kappa shape index (κ3) is 7.61. The molecule has 7 aromatic rings. The number of hydrogen-bond donors (Lipinski definition) is 4. The van der Waals surface area contributed by atoms with Gasteiger partial charge in [-0.05, 0) is 120 Å². The van der Waals surface area contributed by atoms with Gasteiger partial charge in [0.25, 0.3) is 0 Å². The second-order valence-corrected chi connectivity index (χ2v) is 18.8. The number of rotatable bonds is 19. The van der Waals surface area contributed by atoms with Gasteiger partial charge in [-0.1, -0.05) is 106 Å². The Kier molecular flexibility index (Phi) is 13.6. The first-order valence-electron chi connectivity index (χ1n) is 25.4. The Bertz CT molecular complexity index is 3280. The van der Waals surface area contributed by atoms with Crippen LogP contribution in [0.4, 0.5) is 11.4 Å². The molecule has 4 N–H and O–H groups in total. The number of carboxylic acids is 2. The van der Waals surface area contributed by atoms with Crippen molar-refractivity contribution in [2.75, 3.05) is 49.1 Å². The normalized spacial score (nSPS) is 16.7. The second-order valence-electron chi connectivity index (χ2n) is 18.8. The predicted molar refractivity (Wildman–Crippen MR) is 284 cm³/mol. The molecule has 0 saturated carbocycles. The highest BCUT2D eigenvalue weighted by molar-refractivity contribution is 6.30. The number of unbranched alkanes of at least 4 members (excludes halogenated alkanes) is 2. The number of aromatic carboxylic acids is 1. The second kappa shape index (κ2) is 19.8. The first kappa shape index (κ1) is 49.3. The molecule has 2 unspecified atom stereocenters. The summed E-state index contributed by atoms with van der Waals surface area (Å²) in [6.07, 6.45) is 2.55. The summed E-state index contributed by atoms with van der Waals surface area (Å²) in [6.45, 7) is 15.9. The van der Waals surface area contributed by atoms with Crippen LogP contribution < -0.4 is 25.7 Å². The van der Waals surface area contributed by atoms with E-state index in [0.717, 1.165) is 60.1 Å². The van der Waals surface area contributed by atoms with Crippen LogP contribution in [0.1, 0.15) is 116 Å². The van der Waals surface area contributed by atoms with E-state index in [4.69, 9.17) is 4.74 Å². The molecule has 0 bridgehead atoms. The lowest BCUT2D eigenvalue weighted by Gasteiger charge is -2.44. The van der Waals surface area contributed by atoms with E-state index in [1.54, 1.807) is 24.3 Å². The Balaban J connectivity index is 1.43. The highest BCUT2D eigenvalue weighted by Crippen LogP contribution is 2.55. The van der Waals surface area contributed by atoms with E-state index < -0.39 is 52.2 Å². The first-order chi connectivity index (χ1) is 34.9. The summed E-state index contributed by atoms with van der Waals surface area (Å²) in [5.41, 5.74) is -0.0359. The average Bonchev–Trinajstić information content (AvgIpc) is 3.69. The third-order valence-corrected chi connectivity index (χ3v) is 15.2. The monoisotopic (exact) mass is 966 g/mol. The lowest BCUT2D eigenvalue weighted by atomic mass is 9.56. The van der Waals surface area contributed by atoms with E-state index in [-0.39, 0.29) is 45.9 Å². The van der Waals surface area contributed by atoms with Gasteiger partial charge in [0, 0.05) is 72.6 Å². The van der Waals surface area contributed by atoms with Gasteiger partial charge in [-0.25, -0.2) is 14.4 Å². The number of aliphatic carboxylic acids is 1. The summed E-state index contributed by atoms with van der Waals surface area (Å²) < 4.78 is 6.77. The Morgan fingerprint density at radius 2 is 1.15 bits per heavy atom. The fourth-order valence-corrected chi connectivity index (χ4v) is 11.7. The molecule has 1 aliphatic carbocycles. The van der Waals surface area contributed by atoms with E-state index in [2.05, 4.69) is 48.1 Å². The number of hydrogen-bond acceptors (Lipinski definition) is 8. The van der Waals surface area contributed by atoms with E-state index in [9.17, 15) is 19.8 Å². The van der Waals surface area contributed by atoms with Gasteiger partial charge in [0.1, 0.15) is 5.41 Å². The number of fused-ring (bicyclic) bond motifs is 3. The van der Waals surface area contributed by atoms with Gasteiger partial charge in [-0.3, -0.25) is 9.59 Å². The van der Waals surface area contributed by atoms with Crippen LogP contribution in [0.3, 0.4) is 0 Å². The number of benzene rings is 7. The van der Waals surface area contributed by atoms with Crippen LogP contribution in [-0.2, 0) is 30.1 Å². The first-order valence-corrected chi connectivity index (χ1v) is 25.4. The van der Waals surface area contributed by atoms with Crippen molar-refractivity contribution in [3.63, 3.8) is 0 Å². The maximum atomic E-state index is 16.2. The van der Waals surface area contributed by atoms with E-state index >= 15 is 14.4 Å². The van der Waals surface area contributed by atoms with Crippen LogP contribution in [0.5, 0.6) is 0 Å². The van der Waals surface area contributed by atoms with Crippen LogP contribution in [0, 0.1) is 5.92 Å². The number of ether oxygens (including phenoxy) is 1. The molecule has 1 aliphatic heterocycles. The maximum Gasteiger partial charge on any atom is 0.340 e. The Morgan fingerprint density at radius 1 is 0.611 bits per heavy atom. The molecule has 12 heteroatoms. The fourth-order valence-electron chi connectivity index (χ4n) is 11.7. The van der Waals surface area contributed by atoms with Crippen molar-refractivity contribution in [3.8, 4) is 0 Å². The molecule has 1 heterocycles. The minimum absolute atomic E-state index is 0.135. The van der Waals surface area contributed by atoms with Crippen molar-refractivity contribution < 1.29 is 38.9 Å². The summed E-state index contributed by atoms with van der Waals surface area (Å²) in [5.74, 6) is -6.89. The Labute approximate surface area is 419 Å². The molecule has 0 radical (unpaired) electrons. The van der Waals surface area contributed by atoms with E-state index in [1.165, 1.54) is 6.07 Å². The molecular formula is C60H62N4O8. The number of carboxylic acid groups (broad SMARTS) is 2. The zero-order chi connectivity index (χ0) is 51.1. The zero-order valence-corrected chi connectivity index (χ0v) is 41.9. The average molecular weight is 967 g/mol. The molecule has 0 fully saturated rings. The van der Waals surface area contributed by atoms with Crippen molar-refractivity contribution in [3.05, 3.63) is 159 Å². The molecule has 2 aliphatic rings. The van der Waals surface area contributed by atoms with Crippen LogP contribution in [0.2, 0.25) is 0 Å². The van der Waals surface area contributed by atoms with Gasteiger partial charge in [0.2, 0.25) is 11.8 Å². The highest BCUT2D eigenvalue weighted by Gasteiger charge is 2.60. The van der Waals surface area contributed by atoms with Gasteiger partial charge < -0.3 is 35.4 Å². The summed E-state index contributed by atoms with van der Waals surface area (Å²) in [6, 6.07) is 35.6. The SMILES string of the molecule is CCCCNC(=O)C1C(C(=O)O)=c2c(C(=O)O)ccc3c2c(c2cccc4cccc3c42)C1(C(=O)NCCCC)c1ccc2c(c1)C(=O)OC2(c1ccc(N(CC)CC)cc1)c1ccc(N(CC)CC)cc1. The van der Waals surface area contributed by atoms with Gasteiger partial charge >= 0.3 is 17.9 Å². The minimum Gasteiger partial charge on any atom is -0.478 e. The quantitative estimate of drug-likeness (QED) is 0.0265. The summed E-state index contributed by atoms with van der Waals surface area (Å²) in [5, 5.41) is 32.1. The molecule has 0 spiro atoms. The minimum atomic E-state index is -2.21. The molecule has 72 heavy (non-hydrogen) atoms. The van der Waals surface area contributed by atoms with Crippen molar-refractivity contribution in [1.82, 2.24) is 10.6 Å². The number of nitrogens with zero attached hydrogens (tertiary/aromatic N) is 2. The number of nitrogens with one attached hydrogen (secondary N) is 2. The zero-order valence-electron chi connectivity index (χ0n) is 41.9. The molecular weight excluding hydrogens is 905 g/mol. The van der Waals surface area contributed by atoms with Crippen LogP contribution in [0.25, 0.3) is 37.9 Å². The number of carbonyl (C=O) groups is 5. The van der Waals surface area contributed by atoms with Gasteiger partial charge in [0.15, 0.2) is 5.60 Å². The molecule has 0 saturated heterocycles. The topological polar surface area (TPSA) is 166 Å². The summed E-state index contributed by atoms with van der Waals surface area (Å²) >= 11 is 0. The molecule has 12 nitrogen and oxygen atoms in total. The maximum absolute atomic E-state index is 16.2. The largest absolute Gasteiger partial charge is 0.478 e. The van der Waals surface area contributed by atoms with Gasteiger partial charge in [-0.2, -0.15) is 0 Å². The number of anilines is 2. The van der Waals surface area contributed by atoms with Crippen molar-refractivity contribution in [2.45, 2.75) is 78.2 Å². The number of cyclic esters (lactones) is 1. The van der Waals surface area contributed by atoms with Crippen LogP contribution in [-0.4, -0.2) is 79.2 Å². The number of carbonyl (C=O) groups excluding carboxylic acids is 3. The lowest BCUT2D eigenvalue weighted by Crippen LogP contribution is -2.59. The molecule has 2 atom stereocenters. The molecule has 2 amide bonds. The third-order valence-electron chi connectivity index (χ3n) is 15.2. The summed E-state index contributed by atoms with van der Waals surface area (Å²) in [4.78, 5) is 79.1. The smallest absolute Gasteiger partial charge is 0.340 e. The van der Waals surface area contributed by atoms with E-state index in [0.29, 0.717) is 46.7 Å². The van der Waals surface area contributed by atoms with Gasteiger partial charge in [0.05, 0.1) is 22.6 Å².